The lowest BCUT2D eigenvalue weighted by molar-refractivity contribution is -0.148. The maximum absolute atomic E-state index is 11.0. The minimum Gasteiger partial charge on any atom is -0.494 e. The molecule has 2 rings (SSSR count). The number of benzene rings is 2. The highest BCUT2D eigenvalue weighted by molar-refractivity contribution is 5.72. The maximum Gasteiger partial charge on any atom is 0.333 e. The van der Waals surface area contributed by atoms with Crippen LogP contribution in [-0.2, 0) is 16.0 Å². The summed E-state index contributed by atoms with van der Waals surface area (Å²) in [4.78, 5) is 11.0. The van der Waals surface area contributed by atoms with Crippen LogP contribution in [0.5, 0.6) is 5.75 Å². The lowest BCUT2D eigenvalue weighted by Crippen LogP contribution is -2.24. The molecule has 0 saturated carbocycles. The van der Waals surface area contributed by atoms with Crippen molar-refractivity contribution in [1.82, 2.24) is 0 Å². The average Bonchev–Trinajstić information content (AvgIpc) is 2.64. The molecule has 2 aromatic carbocycles. The van der Waals surface area contributed by atoms with Crippen molar-refractivity contribution in [2.75, 3.05) is 13.7 Å². The number of aliphatic carboxylic acids is 1. The summed E-state index contributed by atoms with van der Waals surface area (Å²) in [5, 5.41) is 8.99. The van der Waals surface area contributed by atoms with E-state index in [9.17, 15) is 4.79 Å². The fourth-order valence-electron chi connectivity index (χ4n) is 2.24. The molecule has 0 aliphatic heterocycles. The van der Waals surface area contributed by atoms with Gasteiger partial charge in [-0.1, -0.05) is 42.2 Å². The summed E-state index contributed by atoms with van der Waals surface area (Å²) in [7, 11) is 1.40. The molecular weight excluding hydrogens is 316 g/mol. The van der Waals surface area contributed by atoms with E-state index in [2.05, 4.69) is 11.8 Å². The highest BCUT2D eigenvalue weighted by Crippen LogP contribution is 2.10. The molecule has 25 heavy (non-hydrogen) atoms. The van der Waals surface area contributed by atoms with Gasteiger partial charge < -0.3 is 14.6 Å². The number of hydrogen-bond acceptors (Lipinski definition) is 3. The van der Waals surface area contributed by atoms with Crippen LogP contribution >= 0.6 is 0 Å². The SMILES string of the molecule is CO[C@@H](Cc1ccc(C#CCCCOc2ccccc2)cc1)C(=O)O. The number of ether oxygens (including phenoxy) is 2. The predicted molar refractivity (Wildman–Crippen MR) is 96.6 cm³/mol. The highest BCUT2D eigenvalue weighted by atomic mass is 16.5. The van der Waals surface area contributed by atoms with Crippen molar-refractivity contribution >= 4 is 5.97 Å². The standard InChI is InChI=1S/C21H22O4/c1-24-20(21(22)23)16-18-13-11-17(12-14-18)8-4-3-7-15-25-19-9-5-2-6-10-19/h2,5-6,9-14,20H,3,7,15-16H2,1H3,(H,22,23)/t20-/m0/s1. The Hall–Kier alpha value is -2.77. The topological polar surface area (TPSA) is 55.8 Å². The molecule has 0 bridgehead atoms. The van der Waals surface area contributed by atoms with Gasteiger partial charge in [-0.15, -0.1) is 0 Å². The van der Waals surface area contributed by atoms with Gasteiger partial charge in [-0.2, -0.15) is 0 Å². The predicted octanol–water partition coefficient (Wildman–Crippen LogP) is 3.54. The van der Waals surface area contributed by atoms with E-state index in [1.165, 1.54) is 7.11 Å². The van der Waals surface area contributed by atoms with Crippen molar-refractivity contribution in [3.8, 4) is 17.6 Å². The third-order valence-corrected chi connectivity index (χ3v) is 3.63. The monoisotopic (exact) mass is 338 g/mol. The first-order valence-electron chi connectivity index (χ1n) is 8.20. The van der Waals surface area contributed by atoms with E-state index in [1.807, 2.05) is 54.6 Å². The van der Waals surface area contributed by atoms with Crippen LogP contribution in [0.25, 0.3) is 0 Å². The molecule has 130 valence electrons. The van der Waals surface area contributed by atoms with E-state index in [1.54, 1.807) is 0 Å². The molecule has 0 heterocycles. The van der Waals surface area contributed by atoms with E-state index < -0.39 is 12.1 Å². The second-order valence-electron chi connectivity index (χ2n) is 5.53. The summed E-state index contributed by atoms with van der Waals surface area (Å²) in [6.07, 6.45) is 1.16. The summed E-state index contributed by atoms with van der Waals surface area (Å²) < 4.78 is 10.6. The number of carboxylic acid groups (broad SMARTS) is 1. The van der Waals surface area contributed by atoms with Crippen LogP contribution in [0, 0.1) is 11.8 Å². The Balaban J connectivity index is 1.74. The fourth-order valence-corrected chi connectivity index (χ4v) is 2.24. The van der Waals surface area contributed by atoms with Gasteiger partial charge >= 0.3 is 5.97 Å². The van der Waals surface area contributed by atoms with Crippen LogP contribution in [-0.4, -0.2) is 30.9 Å². The largest absolute Gasteiger partial charge is 0.494 e. The van der Waals surface area contributed by atoms with Crippen LogP contribution in [0.4, 0.5) is 0 Å². The Morgan fingerprint density at radius 1 is 1.12 bits per heavy atom. The fraction of sp³-hybridized carbons (Fsp3) is 0.286. The Labute approximate surface area is 148 Å². The smallest absolute Gasteiger partial charge is 0.333 e. The minimum absolute atomic E-state index is 0.344. The average molecular weight is 338 g/mol. The zero-order valence-electron chi connectivity index (χ0n) is 14.3. The van der Waals surface area contributed by atoms with E-state index >= 15 is 0 Å². The van der Waals surface area contributed by atoms with Crippen molar-refractivity contribution in [2.24, 2.45) is 0 Å². The van der Waals surface area contributed by atoms with Crippen LogP contribution in [0.2, 0.25) is 0 Å². The van der Waals surface area contributed by atoms with Crippen LogP contribution in [0.1, 0.15) is 24.0 Å². The van der Waals surface area contributed by atoms with Gasteiger partial charge in [0.05, 0.1) is 6.61 Å². The van der Waals surface area contributed by atoms with Crippen molar-refractivity contribution in [2.45, 2.75) is 25.4 Å². The summed E-state index contributed by atoms with van der Waals surface area (Å²) >= 11 is 0. The molecule has 0 fully saturated rings. The highest BCUT2D eigenvalue weighted by Gasteiger charge is 2.16. The molecule has 2 aromatic rings. The number of methoxy groups -OCH3 is 1. The lowest BCUT2D eigenvalue weighted by Gasteiger charge is -2.09. The van der Waals surface area contributed by atoms with Gasteiger partial charge in [-0.3, -0.25) is 0 Å². The third kappa shape index (κ3) is 6.70. The first kappa shape index (κ1) is 18.6. The van der Waals surface area contributed by atoms with E-state index in [4.69, 9.17) is 14.6 Å². The van der Waals surface area contributed by atoms with Gasteiger partial charge in [0.2, 0.25) is 0 Å². The zero-order valence-corrected chi connectivity index (χ0v) is 14.3. The normalized spacial score (nSPS) is 11.2. The number of rotatable bonds is 8. The third-order valence-electron chi connectivity index (χ3n) is 3.63. The number of carbonyl (C=O) groups is 1. The molecular formula is C21H22O4. The van der Waals surface area contributed by atoms with Gasteiger partial charge in [0.15, 0.2) is 6.10 Å². The van der Waals surface area contributed by atoms with E-state index in [-0.39, 0.29) is 0 Å². The van der Waals surface area contributed by atoms with Crippen LogP contribution < -0.4 is 4.74 Å². The Kier molecular flexibility index (Phi) is 7.55. The molecule has 0 aliphatic rings. The summed E-state index contributed by atoms with van der Waals surface area (Å²) in [6, 6.07) is 17.3. The Morgan fingerprint density at radius 3 is 2.48 bits per heavy atom. The van der Waals surface area contributed by atoms with E-state index in [0.717, 1.165) is 29.7 Å². The van der Waals surface area contributed by atoms with Crippen molar-refractivity contribution in [3.63, 3.8) is 0 Å². The molecule has 0 amide bonds. The molecule has 0 aromatic heterocycles. The van der Waals surface area contributed by atoms with Gasteiger partial charge in [-0.25, -0.2) is 4.79 Å². The molecule has 0 spiro atoms. The van der Waals surface area contributed by atoms with E-state index in [0.29, 0.717) is 13.0 Å². The number of carboxylic acids is 1. The summed E-state index contributed by atoms with van der Waals surface area (Å²) in [6.45, 7) is 0.644. The lowest BCUT2D eigenvalue weighted by atomic mass is 10.1. The van der Waals surface area contributed by atoms with Crippen molar-refractivity contribution < 1.29 is 19.4 Å². The van der Waals surface area contributed by atoms with Crippen molar-refractivity contribution in [3.05, 3.63) is 65.7 Å². The molecule has 0 unspecified atom stereocenters. The van der Waals surface area contributed by atoms with Gasteiger partial charge in [-0.05, 0) is 36.2 Å². The van der Waals surface area contributed by atoms with Gasteiger partial charge in [0, 0.05) is 25.5 Å². The minimum atomic E-state index is -0.955. The molecule has 1 N–H and O–H groups in total. The molecule has 0 saturated heterocycles. The first-order chi connectivity index (χ1) is 12.2. The number of para-hydroxylation sites is 1. The van der Waals surface area contributed by atoms with Gasteiger partial charge in [0.25, 0.3) is 0 Å². The second kappa shape index (κ2) is 10.2. The zero-order chi connectivity index (χ0) is 17.9. The molecule has 0 aliphatic carbocycles. The van der Waals surface area contributed by atoms with Gasteiger partial charge in [0.1, 0.15) is 5.75 Å². The second-order valence-corrected chi connectivity index (χ2v) is 5.53. The van der Waals surface area contributed by atoms with Crippen molar-refractivity contribution in [1.29, 1.82) is 0 Å². The molecule has 0 radical (unpaired) electrons. The quantitative estimate of drug-likeness (QED) is 0.591. The molecule has 1 atom stereocenters. The number of hydrogen-bond donors (Lipinski definition) is 1. The Morgan fingerprint density at radius 2 is 1.84 bits per heavy atom. The first-order valence-corrected chi connectivity index (χ1v) is 8.20. The maximum atomic E-state index is 11.0. The summed E-state index contributed by atoms with van der Waals surface area (Å²) in [5.74, 6) is 6.16. The molecule has 4 nitrogen and oxygen atoms in total. The van der Waals surface area contributed by atoms with Crippen LogP contribution in [0.15, 0.2) is 54.6 Å². The summed E-state index contributed by atoms with van der Waals surface area (Å²) in [5.41, 5.74) is 1.83. The van der Waals surface area contributed by atoms with Crippen LogP contribution in [0.3, 0.4) is 0 Å². The Bertz CT molecular complexity index is 711. The number of unbranched alkanes of at least 4 members (excludes halogenated alkanes) is 1. The molecule has 4 heteroatoms.